The van der Waals surface area contributed by atoms with Crippen molar-refractivity contribution in [3.8, 4) is 0 Å². The molecule has 2 aliphatic heterocycles. The maximum absolute atomic E-state index is 12.1. The summed E-state index contributed by atoms with van der Waals surface area (Å²) in [6.07, 6.45) is 4.33. The Kier molecular flexibility index (Phi) is 4.41. The van der Waals surface area contributed by atoms with Crippen molar-refractivity contribution in [3.05, 3.63) is 0 Å². The third kappa shape index (κ3) is 3.64. The number of rotatable bonds is 4. The van der Waals surface area contributed by atoms with Crippen molar-refractivity contribution in [1.29, 1.82) is 0 Å². The molecule has 2 rings (SSSR count). The molecule has 2 aliphatic rings. The van der Waals surface area contributed by atoms with Crippen molar-refractivity contribution >= 4 is 10.2 Å². The van der Waals surface area contributed by atoms with Crippen LogP contribution in [0.2, 0.25) is 0 Å². The van der Waals surface area contributed by atoms with Crippen LogP contribution in [-0.2, 0) is 10.2 Å². The van der Waals surface area contributed by atoms with E-state index in [2.05, 4.69) is 17.0 Å². The molecule has 0 saturated carbocycles. The predicted octanol–water partition coefficient (Wildman–Crippen LogP) is 0.305. The lowest BCUT2D eigenvalue weighted by molar-refractivity contribution is 0.278. The lowest BCUT2D eigenvalue weighted by Gasteiger charge is -2.30. The standard InChI is InChI=1S/C11H23N3O2S/c1-10-4-3-7-14(9-10)17(15,16)13-8-11-5-2-6-12-11/h10-13H,2-9H2,1H3. The summed E-state index contributed by atoms with van der Waals surface area (Å²) in [6.45, 7) is 4.96. The van der Waals surface area contributed by atoms with E-state index in [0.29, 0.717) is 31.6 Å². The molecule has 0 aliphatic carbocycles. The molecule has 0 aromatic rings. The summed E-state index contributed by atoms with van der Waals surface area (Å²) in [7, 11) is -3.26. The second-order valence-electron chi connectivity index (χ2n) is 5.25. The molecule has 2 fully saturated rings. The lowest BCUT2D eigenvalue weighted by atomic mass is 10.0. The van der Waals surface area contributed by atoms with E-state index in [1.54, 1.807) is 4.31 Å². The van der Waals surface area contributed by atoms with Gasteiger partial charge in [0.05, 0.1) is 0 Å². The first-order chi connectivity index (χ1) is 8.08. The SMILES string of the molecule is CC1CCCN(S(=O)(=O)NCC2CCCN2)C1. The largest absolute Gasteiger partial charge is 0.313 e. The molecule has 2 saturated heterocycles. The summed E-state index contributed by atoms with van der Waals surface area (Å²) in [5.41, 5.74) is 0. The van der Waals surface area contributed by atoms with Crippen LogP contribution in [0.4, 0.5) is 0 Å². The van der Waals surface area contributed by atoms with Crippen LogP contribution in [0.3, 0.4) is 0 Å². The molecule has 0 amide bonds. The van der Waals surface area contributed by atoms with E-state index < -0.39 is 10.2 Å². The van der Waals surface area contributed by atoms with Crippen LogP contribution in [0.5, 0.6) is 0 Å². The van der Waals surface area contributed by atoms with Crippen molar-refractivity contribution in [2.75, 3.05) is 26.2 Å². The molecule has 2 N–H and O–H groups in total. The zero-order valence-electron chi connectivity index (χ0n) is 10.5. The highest BCUT2D eigenvalue weighted by molar-refractivity contribution is 7.87. The van der Waals surface area contributed by atoms with E-state index in [0.717, 1.165) is 32.2 Å². The monoisotopic (exact) mass is 261 g/mol. The van der Waals surface area contributed by atoms with Crippen molar-refractivity contribution in [2.45, 2.75) is 38.6 Å². The quantitative estimate of drug-likeness (QED) is 0.765. The topological polar surface area (TPSA) is 61.4 Å². The molecule has 17 heavy (non-hydrogen) atoms. The molecule has 0 aromatic heterocycles. The summed E-state index contributed by atoms with van der Waals surface area (Å²) >= 11 is 0. The lowest BCUT2D eigenvalue weighted by Crippen LogP contribution is -2.48. The summed E-state index contributed by atoms with van der Waals surface area (Å²) < 4.78 is 28.5. The number of piperidine rings is 1. The first-order valence-electron chi connectivity index (χ1n) is 6.56. The number of nitrogens with zero attached hydrogens (tertiary/aromatic N) is 1. The predicted molar refractivity (Wildman–Crippen MR) is 67.9 cm³/mol. The van der Waals surface area contributed by atoms with Gasteiger partial charge in [0.1, 0.15) is 0 Å². The molecule has 0 spiro atoms. The minimum Gasteiger partial charge on any atom is -0.313 e. The molecule has 0 radical (unpaired) electrons. The molecule has 100 valence electrons. The fourth-order valence-corrected chi connectivity index (χ4v) is 4.01. The Hall–Kier alpha value is -0.170. The molecule has 0 aromatic carbocycles. The maximum atomic E-state index is 12.1. The van der Waals surface area contributed by atoms with E-state index in [4.69, 9.17) is 0 Å². The van der Waals surface area contributed by atoms with Gasteiger partial charge in [-0.1, -0.05) is 6.92 Å². The summed E-state index contributed by atoms with van der Waals surface area (Å²) in [5.74, 6) is 0.477. The van der Waals surface area contributed by atoms with E-state index in [9.17, 15) is 8.42 Å². The highest BCUT2D eigenvalue weighted by Crippen LogP contribution is 2.17. The zero-order chi connectivity index (χ0) is 12.3. The third-order valence-electron chi connectivity index (χ3n) is 3.63. The fraction of sp³-hybridized carbons (Fsp3) is 1.00. The summed E-state index contributed by atoms with van der Waals surface area (Å²) in [5, 5.41) is 3.30. The van der Waals surface area contributed by atoms with Gasteiger partial charge in [-0.05, 0) is 38.1 Å². The molecule has 2 unspecified atom stereocenters. The molecule has 6 heteroatoms. The minimum absolute atomic E-state index is 0.312. The van der Waals surface area contributed by atoms with E-state index in [1.165, 1.54) is 0 Å². The number of hydrogen-bond donors (Lipinski definition) is 2. The van der Waals surface area contributed by atoms with Gasteiger partial charge in [0.15, 0.2) is 0 Å². The number of hydrogen-bond acceptors (Lipinski definition) is 3. The van der Waals surface area contributed by atoms with Gasteiger partial charge >= 0.3 is 0 Å². The molecular weight excluding hydrogens is 238 g/mol. The first kappa shape index (κ1) is 13.3. The maximum Gasteiger partial charge on any atom is 0.279 e. The number of nitrogens with one attached hydrogen (secondary N) is 2. The normalized spacial score (nSPS) is 31.8. The van der Waals surface area contributed by atoms with Crippen LogP contribution in [0.25, 0.3) is 0 Å². The van der Waals surface area contributed by atoms with Gasteiger partial charge in [-0.25, -0.2) is 4.72 Å². The minimum atomic E-state index is -3.26. The van der Waals surface area contributed by atoms with Crippen LogP contribution in [0.15, 0.2) is 0 Å². The average Bonchev–Trinajstić information content (AvgIpc) is 2.79. The van der Waals surface area contributed by atoms with E-state index in [-0.39, 0.29) is 0 Å². The van der Waals surface area contributed by atoms with Crippen LogP contribution < -0.4 is 10.0 Å². The summed E-state index contributed by atoms with van der Waals surface area (Å²) in [6, 6.07) is 0.312. The molecule has 2 heterocycles. The van der Waals surface area contributed by atoms with Gasteiger partial charge < -0.3 is 5.32 Å². The van der Waals surface area contributed by atoms with Crippen LogP contribution in [0, 0.1) is 5.92 Å². The Morgan fingerprint density at radius 2 is 2.18 bits per heavy atom. The molecule has 5 nitrogen and oxygen atoms in total. The van der Waals surface area contributed by atoms with E-state index >= 15 is 0 Å². The van der Waals surface area contributed by atoms with Gasteiger partial charge in [0.25, 0.3) is 10.2 Å². The second kappa shape index (κ2) is 5.65. The zero-order valence-corrected chi connectivity index (χ0v) is 11.3. The van der Waals surface area contributed by atoms with Gasteiger partial charge in [0, 0.05) is 25.7 Å². The van der Waals surface area contributed by atoms with Crippen molar-refractivity contribution in [3.63, 3.8) is 0 Å². The Labute approximate surface area is 104 Å². The Morgan fingerprint density at radius 1 is 1.35 bits per heavy atom. The Morgan fingerprint density at radius 3 is 2.82 bits per heavy atom. The van der Waals surface area contributed by atoms with Crippen LogP contribution in [0.1, 0.15) is 32.6 Å². The van der Waals surface area contributed by atoms with Crippen molar-refractivity contribution < 1.29 is 8.42 Å². The van der Waals surface area contributed by atoms with Gasteiger partial charge in [0.2, 0.25) is 0 Å². The van der Waals surface area contributed by atoms with Crippen molar-refractivity contribution in [1.82, 2.24) is 14.3 Å². The highest BCUT2D eigenvalue weighted by Gasteiger charge is 2.27. The average molecular weight is 261 g/mol. The Bertz CT molecular complexity index is 339. The van der Waals surface area contributed by atoms with Gasteiger partial charge in [-0.15, -0.1) is 0 Å². The molecule has 0 bridgehead atoms. The molecular formula is C11H23N3O2S. The summed E-state index contributed by atoms with van der Waals surface area (Å²) in [4.78, 5) is 0. The highest BCUT2D eigenvalue weighted by atomic mass is 32.2. The Balaban J connectivity index is 1.84. The van der Waals surface area contributed by atoms with E-state index in [1.807, 2.05) is 0 Å². The van der Waals surface area contributed by atoms with Gasteiger partial charge in [-0.2, -0.15) is 12.7 Å². The smallest absolute Gasteiger partial charge is 0.279 e. The van der Waals surface area contributed by atoms with Gasteiger partial charge in [-0.3, -0.25) is 0 Å². The van der Waals surface area contributed by atoms with Crippen LogP contribution >= 0.6 is 0 Å². The van der Waals surface area contributed by atoms with Crippen molar-refractivity contribution in [2.24, 2.45) is 5.92 Å². The third-order valence-corrected chi connectivity index (χ3v) is 5.18. The second-order valence-corrected chi connectivity index (χ2v) is 7.01. The van der Waals surface area contributed by atoms with Crippen LogP contribution in [-0.4, -0.2) is 44.9 Å². The molecule has 2 atom stereocenters. The fourth-order valence-electron chi connectivity index (χ4n) is 2.59. The first-order valence-corrected chi connectivity index (χ1v) is 8.00.